The van der Waals surface area contributed by atoms with Crippen LogP contribution in [0.3, 0.4) is 0 Å². The number of carbonyl (C=O) groups is 3. The van der Waals surface area contributed by atoms with Gasteiger partial charge in [-0.2, -0.15) is 0 Å². The molecular formula is C16H26N2O5S. The number of β-lactam (4-membered cyclic amide) rings is 1. The second-order valence-electron chi connectivity index (χ2n) is 6.74. The lowest BCUT2D eigenvalue weighted by atomic mass is 9.96. The molecule has 2 fully saturated rings. The maximum absolute atomic E-state index is 12.5. The fourth-order valence-corrected chi connectivity index (χ4v) is 4.60. The van der Waals surface area contributed by atoms with Gasteiger partial charge in [0.25, 0.3) is 0 Å². The Balaban J connectivity index is 1.89. The molecule has 2 unspecified atom stereocenters. The molecule has 0 bridgehead atoms. The van der Waals surface area contributed by atoms with Gasteiger partial charge < -0.3 is 20.1 Å². The number of esters is 2. The van der Waals surface area contributed by atoms with E-state index in [9.17, 15) is 14.4 Å². The zero-order valence-electron chi connectivity index (χ0n) is 14.6. The molecule has 2 heterocycles. The molecule has 0 spiro atoms. The van der Waals surface area contributed by atoms with Gasteiger partial charge in [-0.15, -0.1) is 11.8 Å². The zero-order chi connectivity index (χ0) is 18.1. The minimum atomic E-state index is -0.975. The van der Waals surface area contributed by atoms with E-state index < -0.39 is 29.1 Å². The topological polar surface area (TPSA) is 98.9 Å². The van der Waals surface area contributed by atoms with E-state index in [1.54, 1.807) is 0 Å². The summed E-state index contributed by atoms with van der Waals surface area (Å²) in [6, 6.07) is -1.29. The van der Waals surface area contributed by atoms with Crippen molar-refractivity contribution in [2.75, 3.05) is 0 Å². The van der Waals surface area contributed by atoms with Crippen molar-refractivity contribution in [2.45, 2.75) is 81.9 Å². The number of amides is 1. The van der Waals surface area contributed by atoms with Crippen LogP contribution >= 0.6 is 11.8 Å². The second-order valence-corrected chi connectivity index (χ2v) is 8.51. The molecule has 2 aliphatic rings. The first-order valence-electron chi connectivity index (χ1n) is 8.34. The standard InChI is InChI=1S/C16H26N2O5S/c1-5-6-7-8-10(19)22-9(2)23-15(21)12-16(3,4)24-14-11(17)13(20)18(12)14/h9,11-12,14H,5-8,17H2,1-4H3/t9?,11?,12-,14+/m0/s1. The van der Waals surface area contributed by atoms with E-state index in [0.717, 1.165) is 19.3 Å². The number of carbonyl (C=O) groups excluding carboxylic acids is 3. The van der Waals surface area contributed by atoms with E-state index in [2.05, 4.69) is 0 Å². The molecule has 4 atom stereocenters. The van der Waals surface area contributed by atoms with Gasteiger partial charge in [0.15, 0.2) is 0 Å². The highest BCUT2D eigenvalue weighted by molar-refractivity contribution is 8.01. The van der Waals surface area contributed by atoms with Crippen molar-refractivity contribution < 1.29 is 23.9 Å². The molecule has 0 saturated carbocycles. The van der Waals surface area contributed by atoms with Crippen LogP contribution in [0.2, 0.25) is 0 Å². The lowest BCUT2D eigenvalue weighted by Crippen LogP contribution is -2.69. The molecule has 0 aromatic rings. The number of rotatable bonds is 7. The number of ether oxygens (including phenoxy) is 2. The average Bonchev–Trinajstić information content (AvgIpc) is 2.75. The fraction of sp³-hybridized carbons (Fsp3) is 0.812. The number of nitrogens with zero attached hydrogens (tertiary/aromatic N) is 1. The van der Waals surface area contributed by atoms with Crippen LogP contribution in [0.25, 0.3) is 0 Å². The third kappa shape index (κ3) is 3.69. The maximum Gasteiger partial charge on any atom is 0.333 e. The molecule has 7 nitrogen and oxygen atoms in total. The molecule has 0 aromatic carbocycles. The first-order valence-corrected chi connectivity index (χ1v) is 9.22. The van der Waals surface area contributed by atoms with Crippen LogP contribution < -0.4 is 5.73 Å². The van der Waals surface area contributed by atoms with Crippen molar-refractivity contribution in [1.29, 1.82) is 0 Å². The molecule has 2 saturated heterocycles. The highest BCUT2D eigenvalue weighted by Gasteiger charge is 2.63. The average molecular weight is 358 g/mol. The van der Waals surface area contributed by atoms with Crippen LogP contribution in [0.15, 0.2) is 0 Å². The van der Waals surface area contributed by atoms with E-state index >= 15 is 0 Å². The van der Waals surface area contributed by atoms with Gasteiger partial charge in [-0.25, -0.2) is 4.79 Å². The summed E-state index contributed by atoms with van der Waals surface area (Å²) in [6.07, 6.45) is 2.05. The Bertz CT molecular complexity index is 525. The van der Waals surface area contributed by atoms with Crippen molar-refractivity contribution in [1.82, 2.24) is 4.90 Å². The molecule has 2 N–H and O–H groups in total. The van der Waals surface area contributed by atoms with Crippen molar-refractivity contribution >= 4 is 29.6 Å². The maximum atomic E-state index is 12.5. The molecule has 24 heavy (non-hydrogen) atoms. The summed E-state index contributed by atoms with van der Waals surface area (Å²) in [6.45, 7) is 7.31. The summed E-state index contributed by atoms with van der Waals surface area (Å²) < 4.78 is 9.86. The molecule has 136 valence electrons. The van der Waals surface area contributed by atoms with Gasteiger partial charge in [-0.3, -0.25) is 9.59 Å². The van der Waals surface area contributed by atoms with Gasteiger partial charge >= 0.3 is 11.9 Å². The van der Waals surface area contributed by atoms with Gasteiger partial charge in [0.2, 0.25) is 12.2 Å². The lowest BCUT2D eigenvalue weighted by Gasteiger charge is -2.42. The molecular weight excluding hydrogens is 332 g/mol. The Morgan fingerprint density at radius 1 is 1.33 bits per heavy atom. The van der Waals surface area contributed by atoms with Gasteiger partial charge in [-0.1, -0.05) is 19.8 Å². The van der Waals surface area contributed by atoms with Crippen molar-refractivity contribution in [3.63, 3.8) is 0 Å². The molecule has 0 aromatic heterocycles. The number of hydrogen-bond acceptors (Lipinski definition) is 7. The van der Waals surface area contributed by atoms with Crippen LogP contribution in [0.4, 0.5) is 0 Å². The highest BCUT2D eigenvalue weighted by Crippen LogP contribution is 2.50. The fourth-order valence-electron chi connectivity index (χ4n) is 3.04. The first kappa shape index (κ1) is 19.1. The summed E-state index contributed by atoms with van der Waals surface area (Å²) >= 11 is 1.49. The summed E-state index contributed by atoms with van der Waals surface area (Å²) in [5.41, 5.74) is 5.78. The Morgan fingerprint density at radius 2 is 2.00 bits per heavy atom. The Morgan fingerprint density at radius 3 is 2.62 bits per heavy atom. The molecule has 0 aliphatic carbocycles. The van der Waals surface area contributed by atoms with Gasteiger partial charge in [0, 0.05) is 18.1 Å². The Hall–Kier alpha value is -1.28. The Kier molecular flexibility index (Phi) is 5.80. The zero-order valence-corrected chi connectivity index (χ0v) is 15.4. The van der Waals surface area contributed by atoms with Crippen LogP contribution in [0.5, 0.6) is 0 Å². The lowest BCUT2D eigenvalue weighted by molar-refractivity contribution is -0.191. The van der Waals surface area contributed by atoms with E-state index in [-0.39, 0.29) is 17.3 Å². The largest absolute Gasteiger partial charge is 0.425 e. The van der Waals surface area contributed by atoms with Crippen molar-refractivity contribution in [3.05, 3.63) is 0 Å². The highest BCUT2D eigenvalue weighted by atomic mass is 32.2. The summed E-state index contributed by atoms with van der Waals surface area (Å²) in [4.78, 5) is 37.6. The number of nitrogens with two attached hydrogens (primary N) is 1. The summed E-state index contributed by atoms with van der Waals surface area (Å²) in [5.74, 6) is -1.20. The smallest absolute Gasteiger partial charge is 0.333 e. The number of fused-ring (bicyclic) bond motifs is 1. The minimum absolute atomic E-state index is 0.197. The van der Waals surface area contributed by atoms with Gasteiger partial charge in [0.1, 0.15) is 17.5 Å². The summed E-state index contributed by atoms with van der Waals surface area (Å²) in [5, 5.41) is -0.197. The summed E-state index contributed by atoms with van der Waals surface area (Å²) in [7, 11) is 0. The SMILES string of the molecule is CCCCCC(=O)OC(C)OC(=O)[C@@H]1N2C(=O)C(N)[C@H]2SC1(C)C. The predicted octanol–water partition coefficient (Wildman–Crippen LogP) is 1.39. The third-order valence-corrected chi connectivity index (χ3v) is 5.86. The van der Waals surface area contributed by atoms with E-state index in [1.807, 2.05) is 20.8 Å². The predicted molar refractivity (Wildman–Crippen MR) is 89.9 cm³/mol. The molecule has 8 heteroatoms. The third-order valence-electron chi connectivity index (χ3n) is 4.27. The van der Waals surface area contributed by atoms with Crippen molar-refractivity contribution in [3.8, 4) is 0 Å². The van der Waals surface area contributed by atoms with Crippen molar-refractivity contribution in [2.24, 2.45) is 5.73 Å². The quantitative estimate of drug-likeness (QED) is 0.318. The van der Waals surface area contributed by atoms with E-state index in [4.69, 9.17) is 15.2 Å². The number of hydrogen-bond donors (Lipinski definition) is 1. The van der Waals surface area contributed by atoms with Crippen LogP contribution in [-0.4, -0.2) is 51.2 Å². The monoisotopic (exact) mass is 358 g/mol. The van der Waals surface area contributed by atoms with E-state index in [0.29, 0.717) is 6.42 Å². The normalized spacial score (nSPS) is 28.8. The van der Waals surface area contributed by atoms with E-state index in [1.165, 1.54) is 23.6 Å². The first-order chi connectivity index (χ1) is 11.2. The molecule has 2 rings (SSSR count). The minimum Gasteiger partial charge on any atom is -0.425 e. The number of thioether (sulfide) groups is 1. The molecule has 0 radical (unpaired) electrons. The number of unbranched alkanes of at least 4 members (excludes halogenated alkanes) is 2. The van der Waals surface area contributed by atoms with Gasteiger partial charge in [0.05, 0.1) is 0 Å². The van der Waals surface area contributed by atoms with Crippen LogP contribution in [0.1, 0.15) is 53.4 Å². The molecule has 1 amide bonds. The van der Waals surface area contributed by atoms with Crippen LogP contribution in [0, 0.1) is 0 Å². The van der Waals surface area contributed by atoms with Crippen LogP contribution in [-0.2, 0) is 23.9 Å². The second kappa shape index (κ2) is 7.31. The molecule has 2 aliphatic heterocycles. The Labute approximate surface area is 146 Å². The van der Waals surface area contributed by atoms with Gasteiger partial charge in [-0.05, 0) is 20.3 Å².